The normalized spacial score (nSPS) is 13.2. The number of hydrogen-bond acceptors (Lipinski definition) is 4. The standard InChI is InChI=1S/C15H25NO3S/c1-3-9-20(17,18)10-8-14(12-16)11-13-4-6-15(19-2)7-5-13/h4-7,14H,3,8-12,16H2,1-2H3. The van der Waals surface area contributed by atoms with Crippen molar-refractivity contribution in [3.8, 4) is 5.75 Å². The molecule has 0 bridgehead atoms. The molecule has 1 aromatic carbocycles. The molecule has 20 heavy (non-hydrogen) atoms. The lowest BCUT2D eigenvalue weighted by Crippen LogP contribution is -2.21. The van der Waals surface area contributed by atoms with Crippen LogP contribution in [0.2, 0.25) is 0 Å². The van der Waals surface area contributed by atoms with Crippen molar-refractivity contribution in [3.05, 3.63) is 29.8 Å². The zero-order chi connectivity index (χ0) is 15.0. The summed E-state index contributed by atoms with van der Waals surface area (Å²) in [6, 6.07) is 7.83. The molecule has 0 aliphatic carbocycles. The zero-order valence-corrected chi connectivity index (χ0v) is 13.2. The fourth-order valence-electron chi connectivity index (χ4n) is 2.16. The molecule has 0 fully saturated rings. The van der Waals surface area contributed by atoms with Gasteiger partial charge in [-0.2, -0.15) is 0 Å². The van der Waals surface area contributed by atoms with Gasteiger partial charge in [-0.15, -0.1) is 0 Å². The molecule has 1 unspecified atom stereocenters. The second-order valence-electron chi connectivity index (χ2n) is 5.09. The molecule has 1 rings (SSSR count). The maximum Gasteiger partial charge on any atom is 0.150 e. The van der Waals surface area contributed by atoms with Crippen molar-refractivity contribution >= 4 is 9.84 Å². The van der Waals surface area contributed by atoms with Crippen LogP contribution in [0.25, 0.3) is 0 Å². The fourth-order valence-corrected chi connectivity index (χ4v) is 3.68. The Balaban J connectivity index is 2.54. The highest BCUT2D eigenvalue weighted by atomic mass is 32.2. The lowest BCUT2D eigenvalue weighted by Gasteiger charge is -2.15. The molecule has 114 valence electrons. The average Bonchev–Trinajstić information content (AvgIpc) is 2.44. The number of methoxy groups -OCH3 is 1. The maximum atomic E-state index is 11.7. The average molecular weight is 299 g/mol. The topological polar surface area (TPSA) is 69.4 Å². The first-order valence-corrected chi connectivity index (χ1v) is 8.86. The minimum atomic E-state index is -2.92. The van der Waals surface area contributed by atoms with Crippen LogP contribution < -0.4 is 10.5 Å². The van der Waals surface area contributed by atoms with Gasteiger partial charge in [0.05, 0.1) is 12.9 Å². The Morgan fingerprint density at radius 2 is 1.85 bits per heavy atom. The van der Waals surface area contributed by atoms with E-state index in [9.17, 15) is 8.42 Å². The van der Waals surface area contributed by atoms with Crippen LogP contribution in [0.5, 0.6) is 5.75 Å². The number of rotatable bonds is 9. The number of benzene rings is 1. The van der Waals surface area contributed by atoms with E-state index >= 15 is 0 Å². The van der Waals surface area contributed by atoms with Crippen molar-refractivity contribution in [2.45, 2.75) is 26.2 Å². The summed E-state index contributed by atoms with van der Waals surface area (Å²) in [6.07, 6.45) is 2.11. The predicted molar refractivity (Wildman–Crippen MR) is 82.8 cm³/mol. The summed E-state index contributed by atoms with van der Waals surface area (Å²) in [5.74, 6) is 1.53. The number of hydrogen-bond donors (Lipinski definition) is 1. The van der Waals surface area contributed by atoms with Crippen LogP contribution in [0.15, 0.2) is 24.3 Å². The van der Waals surface area contributed by atoms with Gasteiger partial charge in [0.1, 0.15) is 15.6 Å². The van der Waals surface area contributed by atoms with E-state index < -0.39 is 9.84 Å². The lowest BCUT2D eigenvalue weighted by molar-refractivity contribution is 0.414. The van der Waals surface area contributed by atoms with Gasteiger partial charge in [0.15, 0.2) is 0 Å². The summed E-state index contributed by atoms with van der Waals surface area (Å²) in [4.78, 5) is 0. The summed E-state index contributed by atoms with van der Waals surface area (Å²) in [5, 5.41) is 0. The molecule has 0 heterocycles. The first-order chi connectivity index (χ1) is 9.50. The van der Waals surface area contributed by atoms with Crippen molar-refractivity contribution in [2.75, 3.05) is 25.2 Å². The first kappa shape index (κ1) is 17.0. The summed E-state index contributed by atoms with van der Waals surface area (Å²) < 4.78 is 28.6. The highest BCUT2D eigenvalue weighted by molar-refractivity contribution is 7.91. The van der Waals surface area contributed by atoms with Crippen LogP contribution in [0, 0.1) is 5.92 Å². The minimum Gasteiger partial charge on any atom is -0.497 e. The van der Waals surface area contributed by atoms with Crippen LogP contribution >= 0.6 is 0 Å². The Bertz CT molecular complexity index is 482. The Labute approximate surface area is 122 Å². The number of nitrogens with two attached hydrogens (primary N) is 1. The summed E-state index contributed by atoms with van der Waals surface area (Å²) in [6.45, 7) is 2.39. The van der Waals surface area contributed by atoms with E-state index in [2.05, 4.69) is 0 Å². The van der Waals surface area contributed by atoms with Gasteiger partial charge in [-0.3, -0.25) is 0 Å². The van der Waals surface area contributed by atoms with E-state index in [-0.39, 0.29) is 17.4 Å². The van der Waals surface area contributed by atoms with Crippen molar-refractivity contribution in [1.29, 1.82) is 0 Å². The quantitative estimate of drug-likeness (QED) is 0.757. The number of sulfone groups is 1. The zero-order valence-electron chi connectivity index (χ0n) is 12.3. The van der Waals surface area contributed by atoms with Crippen LogP contribution in [-0.4, -0.2) is 33.6 Å². The molecule has 1 aromatic rings. The minimum absolute atomic E-state index is 0.204. The molecule has 0 amide bonds. The van der Waals surface area contributed by atoms with E-state index in [1.54, 1.807) is 7.11 Å². The van der Waals surface area contributed by atoms with E-state index in [1.807, 2.05) is 31.2 Å². The predicted octanol–water partition coefficient (Wildman–Crippen LogP) is 2.03. The molecule has 0 saturated heterocycles. The van der Waals surface area contributed by atoms with Gasteiger partial charge in [0.2, 0.25) is 0 Å². The maximum absolute atomic E-state index is 11.7. The molecule has 2 N–H and O–H groups in total. The van der Waals surface area contributed by atoms with Crippen molar-refractivity contribution in [2.24, 2.45) is 11.7 Å². The smallest absolute Gasteiger partial charge is 0.150 e. The molecule has 5 heteroatoms. The van der Waals surface area contributed by atoms with Crippen LogP contribution in [0.3, 0.4) is 0 Å². The van der Waals surface area contributed by atoms with Gasteiger partial charge in [0, 0.05) is 5.75 Å². The van der Waals surface area contributed by atoms with E-state index in [0.29, 0.717) is 19.4 Å². The highest BCUT2D eigenvalue weighted by Gasteiger charge is 2.14. The van der Waals surface area contributed by atoms with Gasteiger partial charge in [-0.25, -0.2) is 8.42 Å². The Morgan fingerprint density at radius 1 is 1.20 bits per heavy atom. The SMILES string of the molecule is CCCS(=O)(=O)CCC(CN)Cc1ccc(OC)cc1. The fraction of sp³-hybridized carbons (Fsp3) is 0.600. The van der Waals surface area contributed by atoms with E-state index in [0.717, 1.165) is 17.7 Å². The third-order valence-corrected chi connectivity index (χ3v) is 5.26. The molecule has 0 aliphatic rings. The van der Waals surface area contributed by atoms with Gasteiger partial charge in [0.25, 0.3) is 0 Å². The van der Waals surface area contributed by atoms with Gasteiger partial charge in [-0.1, -0.05) is 19.1 Å². The highest BCUT2D eigenvalue weighted by Crippen LogP contribution is 2.16. The Hall–Kier alpha value is -1.07. The lowest BCUT2D eigenvalue weighted by atomic mass is 9.97. The molecule has 1 atom stereocenters. The van der Waals surface area contributed by atoms with E-state index in [1.165, 1.54) is 0 Å². The third kappa shape index (κ3) is 5.92. The van der Waals surface area contributed by atoms with Gasteiger partial charge >= 0.3 is 0 Å². The monoisotopic (exact) mass is 299 g/mol. The van der Waals surface area contributed by atoms with Gasteiger partial charge in [-0.05, 0) is 49.4 Å². The molecular weight excluding hydrogens is 274 g/mol. The molecular formula is C15H25NO3S. The molecule has 0 aromatic heterocycles. The molecule has 0 radical (unpaired) electrons. The third-order valence-electron chi connectivity index (χ3n) is 3.37. The molecule has 0 spiro atoms. The molecule has 4 nitrogen and oxygen atoms in total. The van der Waals surface area contributed by atoms with Crippen LogP contribution in [-0.2, 0) is 16.3 Å². The van der Waals surface area contributed by atoms with Crippen molar-refractivity contribution < 1.29 is 13.2 Å². The second-order valence-corrected chi connectivity index (χ2v) is 7.40. The van der Waals surface area contributed by atoms with Crippen LogP contribution in [0.1, 0.15) is 25.3 Å². The molecule has 0 saturated carbocycles. The Morgan fingerprint density at radius 3 is 2.35 bits per heavy atom. The summed E-state index contributed by atoms with van der Waals surface area (Å²) >= 11 is 0. The largest absolute Gasteiger partial charge is 0.497 e. The summed E-state index contributed by atoms with van der Waals surface area (Å²) in [7, 11) is -1.28. The Kier molecular flexibility index (Phi) is 7.02. The second kappa shape index (κ2) is 8.27. The van der Waals surface area contributed by atoms with Crippen molar-refractivity contribution in [3.63, 3.8) is 0 Å². The van der Waals surface area contributed by atoms with E-state index in [4.69, 9.17) is 10.5 Å². The summed E-state index contributed by atoms with van der Waals surface area (Å²) in [5.41, 5.74) is 6.92. The van der Waals surface area contributed by atoms with Crippen molar-refractivity contribution in [1.82, 2.24) is 0 Å². The number of ether oxygens (including phenoxy) is 1. The van der Waals surface area contributed by atoms with Crippen LogP contribution in [0.4, 0.5) is 0 Å². The molecule has 0 aliphatic heterocycles. The first-order valence-electron chi connectivity index (χ1n) is 7.04. The van der Waals surface area contributed by atoms with Gasteiger partial charge < -0.3 is 10.5 Å².